The van der Waals surface area contributed by atoms with Crippen LogP contribution in [0.25, 0.3) is 0 Å². The lowest BCUT2D eigenvalue weighted by Crippen LogP contribution is -2.14. The summed E-state index contributed by atoms with van der Waals surface area (Å²) in [5, 5.41) is 6.06. The van der Waals surface area contributed by atoms with Gasteiger partial charge < -0.3 is 10.6 Å². The molecule has 0 saturated carbocycles. The molecule has 0 atom stereocenters. The van der Waals surface area contributed by atoms with Crippen molar-refractivity contribution in [3.05, 3.63) is 89.7 Å². The minimum atomic E-state index is -0.266. The minimum Gasteiger partial charge on any atom is -0.356 e. The van der Waals surface area contributed by atoms with Crippen LogP contribution in [0, 0.1) is 12.7 Å². The summed E-state index contributed by atoms with van der Waals surface area (Å²) in [5.74, 6) is -0.319. The molecule has 3 aromatic rings. The molecule has 25 heavy (non-hydrogen) atoms. The minimum absolute atomic E-state index is 0.0527. The van der Waals surface area contributed by atoms with E-state index in [1.165, 1.54) is 17.7 Å². The number of benzene rings is 3. The van der Waals surface area contributed by atoms with Crippen LogP contribution in [0.4, 0.5) is 21.5 Å². The van der Waals surface area contributed by atoms with E-state index in [4.69, 9.17) is 0 Å². The molecule has 0 aromatic heterocycles. The lowest BCUT2D eigenvalue weighted by Gasteiger charge is -2.09. The third kappa shape index (κ3) is 4.91. The van der Waals surface area contributed by atoms with E-state index in [2.05, 4.69) is 10.6 Å². The Balaban J connectivity index is 1.57. The van der Waals surface area contributed by atoms with E-state index < -0.39 is 0 Å². The van der Waals surface area contributed by atoms with Gasteiger partial charge >= 0.3 is 0 Å². The van der Waals surface area contributed by atoms with Crippen molar-refractivity contribution >= 4 is 23.0 Å². The van der Waals surface area contributed by atoms with Crippen molar-refractivity contribution in [3.63, 3.8) is 0 Å². The molecule has 2 N–H and O–H groups in total. The molecule has 126 valence electrons. The van der Waals surface area contributed by atoms with Gasteiger partial charge in [0.2, 0.25) is 5.91 Å². The van der Waals surface area contributed by atoms with Crippen LogP contribution in [-0.2, 0) is 11.2 Å². The van der Waals surface area contributed by atoms with Gasteiger partial charge in [0.05, 0.1) is 6.42 Å². The Labute approximate surface area is 146 Å². The average molecular weight is 334 g/mol. The van der Waals surface area contributed by atoms with Crippen LogP contribution in [0.5, 0.6) is 0 Å². The maximum absolute atomic E-state index is 12.9. The summed E-state index contributed by atoms with van der Waals surface area (Å²) < 4.78 is 12.9. The van der Waals surface area contributed by atoms with Crippen LogP contribution in [0.2, 0.25) is 0 Å². The Bertz CT molecular complexity index is 841. The van der Waals surface area contributed by atoms with Gasteiger partial charge in [0.15, 0.2) is 0 Å². The summed E-state index contributed by atoms with van der Waals surface area (Å²) in [6.07, 6.45) is 0.343. The van der Waals surface area contributed by atoms with Crippen molar-refractivity contribution in [2.45, 2.75) is 13.3 Å². The number of carbonyl (C=O) groups excluding carboxylic acids is 1. The number of hydrogen-bond acceptors (Lipinski definition) is 2. The molecule has 0 aliphatic rings. The molecule has 0 aliphatic heterocycles. The fraction of sp³-hybridized carbons (Fsp3) is 0.0952. The Hall–Kier alpha value is -3.14. The van der Waals surface area contributed by atoms with Gasteiger partial charge in [-0.2, -0.15) is 0 Å². The number of carbonyl (C=O) groups is 1. The second kappa shape index (κ2) is 7.62. The number of amides is 1. The van der Waals surface area contributed by atoms with Gasteiger partial charge in [0, 0.05) is 17.1 Å². The topological polar surface area (TPSA) is 41.1 Å². The molecule has 0 fully saturated rings. The Morgan fingerprint density at radius 3 is 1.92 bits per heavy atom. The fourth-order valence-corrected chi connectivity index (χ4v) is 2.43. The maximum Gasteiger partial charge on any atom is 0.228 e. The third-order valence-corrected chi connectivity index (χ3v) is 3.79. The zero-order valence-corrected chi connectivity index (χ0v) is 13.9. The summed E-state index contributed by atoms with van der Waals surface area (Å²) in [5.41, 5.74) is 4.56. The van der Waals surface area contributed by atoms with Gasteiger partial charge in [-0.05, 0) is 61.0 Å². The smallest absolute Gasteiger partial charge is 0.228 e. The Kier molecular flexibility index (Phi) is 5.09. The van der Waals surface area contributed by atoms with Crippen molar-refractivity contribution in [3.8, 4) is 0 Å². The van der Waals surface area contributed by atoms with Gasteiger partial charge in [-0.3, -0.25) is 4.79 Å². The quantitative estimate of drug-likeness (QED) is 0.685. The van der Waals surface area contributed by atoms with E-state index in [0.29, 0.717) is 6.42 Å². The number of hydrogen-bond donors (Lipinski definition) is 2. The summed E-state index contributed by atoms with van der Waals surface area (Å²) in [4.78, 5) is 12.1. The van der Waals surface area contributed by atoms with E-state index in [1.54, 1.807) is 12.1 Å². The van der Waals surface area contributed by atoms with Crippen LogP contribution in [0.15, 0.2) is 72.8 Å². The van der Waals surface area contributed by atoms with E-state index in [0.717, 1.165) is 22.6 Å². The van der Waals surface area contributed by atoms with E-state index in [9.17, 15) is 9.18 Å². The largest absolute Gasteiger partial charge is 0.356 e. The standard InChI is InChI=1S/C21H19FN2O/c1-15-2-4-16(5-3-15)14-21(25)24-20-12-10-19(11-13-20)23-18-8-6-17(22)7-9-18/h2-13,23H,14H2,1H3,(H,24,25). The maximum atomic E-state index is 12.9. The second-order valence-electron chi connectivity index (χ2n) is 5.92. The van der Waals surface area contributed by atoms with E-state index >= 15 is 0 Å². The number of halogens is 1. The molecule has 0 unspecified atom stereocenters. The highest BCUT2D eigenvalue weighted by Gasteiger charge is 2.04. The first-order chi connectivity index (χ1) is 12.1. The van der Waals surface area contributed by atoms with Crippen LogP contribution in [0.3, 0.4) is 0 Å². The van der Waals surface area contributed by atoms with E-state index in [-0.39, 0.29) is 11.7 Å². The molecule has 0 radical (unpaired) electrons. The van der Waals surface area contributed by atoms with Gasteiger partial charge in [-0.25, -0.2) is 4.39 Å². The molecule has 4 heteroatoms. The van der Waals surface area contributed by atoms with Crippen LogP contribution >= 0.6 is 0 Å². The van der Waals surface area contributed by atoms with Crippen molar-refractivity contribution in [1.82, 2.24) is 0 Å². The first kappa shape index (κ1) is 16.7. The Morgan fingerprint density at radius 1 is 0.800 bits per heavy atom. The van der Waals surface area contributed by atoms with Crippen molar-refractivity contribution in [2.24, 2.45) is 0 Å². The first-order valence-electron chi connectivity index (χ1n) is 8.06. The highest BCUT2D eigenvalue weighted by molar-refractivity contribution is 5.92. The van der Waals surface area contributed by atoms with Crippen LogP contribution < -0.4 is 10.6 Å². The van der Waals surface area contributed by atoms with Gasteiger partial charge in [-0.1, -0.05) is 29.8 Å². The summed E-state index contributed by atoms with van der Waals surface area (Å²) >= 11 is 0. The average Bonchev–Trinajstić information content (AvgIpc) is 2.61. The molecule has 0 heterocycles. The molecular weight excluding hydrogens is 315 g/mol. The Morgan fingerprint density at radius 2 is 1.32 bits per heavy atom. The van der Waals surface area contributed by atoms with Crippen molar-refractivity contribution in [2.75, 3.05) is 10.6 Å². The lowest BCUT2D eigenvalue weighted by molar-refractivity contribution is -0.115. The highest BCUT2D eigenvalue weighted by Crippen LogP contribution is 2.19. The zero-order chi connectivity index (χ0) is 17.6. The van der Waals surface area contributed by atoms with Crippen LogP contribution in [-0.4, -0.2) is 5.91 Å². The highest BCUT2D eigenvalue weighted by atomic mass is 19.1. The van der Waals surface area contributed by atoms with Gasteiger partial charge in [0.1, 0.15) is 5.82 Å². The predicted molar refractivity (Wildman–Crippen MR) is 99.6 cm³/mol. The first-order valence-corrected chi connectivity index (χ1v) is 8.06. The monoisotopic (exact) mass is 334 g/mol. The normalized spacial score (nSPS) is 10.3. The number of rotatable bonds is 5. The molecule has 0 aliphatic carbocycles. The molecule has 0 bridgehead atoms. The molecular formula is C21H19FN2O. The van der Waals surface area contributed by atoms with E-state index in [1.807, 2.05) is 55.5 Å². The molecule has 0 spiro atoms. The summed E-state index contributed by atoms with van der Waals surface area (Å²) in [6.45, 7) is 2.02. The number of aryl methyl sites for hydroxylation is 1. The SMILES string of the molecule is Cc1ccc(CC(=O)Nc2ccc(Nc3ccc(F)cc3)cc2)cc1. The number of anilines is 3. The van der Waals surface area contributed by atoms with Gasteiger partial charge in [0.25, 0.3) is 0 Å². The zero-order valence-electron chi connectivity index (χ0n) is 13.9. The molecule has 3 aromatic carbocycles. The lowest BCUT2D eigenvalue weighted by atomic mass is 10.1. The molecule has 3 nitrogen and oxygen atoms in total. The number of nitrogens with one attached hydrogen (secondary N) is 2. The second-order valence-corrected chi connectivity index (χ2v) is 5.92. The van der Waals surface area contributed by atoms with Crippen LogP contribution in [0.1, 0.15) is 11.1 Å². The fourth-order valence-electron chi connectivity index (χ4n) is 2.43. The molecule has 0 saturated heterocycles. The van der Waals surface area contributed by atoms with Crippen molar-refractivity contribution in [1.29, 1.82) is 0 Å². The predicted octanol–water partition coefficient (Wildman–Crippen LogP) is 5.06. The summed E-state index contributed by atoms with van der Waals surface area (Å²) in [6, 6.07) is 21.5. The van der Waals surface area contributed by atoms with Gasteiger partial charge in [-0.15, -0.1) is 0 Å². The summed E-state index contributed by atoms with van der Waals surface area (Å²) in [7, 11) is 0. The molecule has 1 amide bonds. The molecule has 3 rings (SSSR count). The third-order valence-electron chi connectivity index (χ3n) is 3.79. The van der Waals surface area contributed by atoms with Crippen molar-refractivity contribution < 1.29 is 9.18 Å².